The number of rotatable bonds is 10. The highest BCUT2D eigenvalue weighted by molar-refractivity contribution is 8.18. The third-order valence-electron chi connectivity index (χ3n) is 4.38. The van der Waals surface area contributed by atoms with E-state index in [-0.39, 0.29) is 43.4 Å². The van der Waals surface area contributed by atoms with Gasteiger partial charge in [0.1, 0.15) is 19.0 Å². The molecule has 2 aromatic rings. The Hall–Kier alpha value is -3.10. The van der Waals surface area contributed by atoms with Crippen molar-refractivity contribution in [3.05, 3.63) is 70.6 Å². The number of amides is 3. The Labute approximate surface area is 185 Å². The maximum Gasteiger partial charge on any atom is 0.293 e. The third kappa shape index (κ3) is 6.97. The number of nitrogens with zero attached hydrogens (tertiary/aromatic N) is 1. The summed E-state index contributed by atoms with van der Waals surface area (Å²) in [7, 11) is 0. The summed E-state index contributed by atoms with van der Waals surface area (Å²) in [4.78, 5) is 38.0. The topological polar surface area (TPSA) is 84.9 Å². The smallest absolute Gasteiger partial charge is 0.293 e. The second-order valence-electron chi connectivity index (χ2n) is 6.81. The Balaban J connectivity index is 1.35. The fraction of sp³-hybridized carbons (Fsp3) is 0.261. The van der Waals surface area contributed by atoms with Gasteiger partial charge in [0, 0.05) is 13.1 Å². The third-order valence-corrected chi connectivity index (χ3v) is 5.29. The standard InChI is InChI=1S/C23H24N2O5S/c1-17-7-9-18(10-8-17)15-20-22(27)25(23(28)31-20)12-11-24-21(26)16-29-13-14-30-19-5-3-2-4-6-19/h2-10,15H,11-14,16H2,1H3,(H,24,26). The van der Waals surface area contributed by atoms with Crippen molar-refractivity contribution in [2.24, 2.45) is 0 Å². The summed E-state index contributed by atoms with van der Waals surface area (Å²) in [6, 6.07) is 17.0. The van der Waals surface area contributed by atoms with Crippen LogP contribution in [0.2, 0.25) is 0 Å². The summed E-state index contributed by atoms with van der Waals surface area (Å²) >= 11 is 0.904. The maximum absolute atomic E-state index is 12.5. The van der Waals surface area contributed by atoms with Gasteiger partial charge in [0.15, 0.2) is 0 Å². The van der Waals surface area contributed by atoms with E-state index in [0.29, 0.717) is 11.5 Å². The molecule has 3 rings (SSSR count). The minimum atomic E-state index is -0.348. The summed E-state index contributed by atoms with van der Waals surface area (Å²) < 4.78 is 10.7. The summed E-state index contributed by atoms with van der Waals surface area (Å²) in [6.07, 6.45) is 1.70. The average Bonchev–Trinajstić information content (AvgIpc) is 3.03. The lowest BCUT2D eigenvalue weighted by atomic mass is 10.1. The number of imide groups is 1. The fourth-order valence-electron chi connectivity index (χ4n) is 2.77. The molecule has 1 aliphatic heterocycles. The summed E-state index contributed by atoms with van der Waals surface area (Å²) in [6.45, 7) is 2.75. The number of benzene rings is 2. The van der Waals surface area contributed by atoms with Gasteiger partial charge in [-0.15, -0.1) is 0 Å². The van der Waals surface area contributed by atoms with Gasteiger partial charge < -0.3 is 14.8 Å². The Kier molecular flexibility index (Phi) is 8.26. The lowest BCUT2D eigenvalue weighted by molar-refractivity contribution is -0.127. The van der Waals surface area contributed by atoms with E-state index in [4.69, 9.17) is 9.47 Å². The Bertz CT molecular complexity index is 944. The second-order valence-corrected chi connectivity index (χ2v) is 7.80. The van der Waals surface area contributed by atoms with Crippen LogP contribution in [0.5, 0.6) is 5.75 Å². The number of para-hydroxylation sites is 1. The van der Waals surface area contributed by atoms with Gasteiger partial charge >= 0.3 is 0 Å². The Morgan fingerprint density at radius 3 is 2.55 bits per heavy atom. The van der Waals surface area contributed by atoms with Crippen LogP contribution in [0.3, 0.4) is 0 Å². The van der Waals surface area contributed by atoms with Crippen LogP contribution in [-0.2, 0) is 14.3 Å². The minimum absolute atomic E-state index is 0.110. The van der Waals surface area contributed by atoms with E-state index < -0.39 is 0 Å². The van der Waals surface area contributed by atoms with Gasteiger partial charge in [-0.05, 0) is 42.5 Å². The van der Waals surface area contributed by atoms with Crippen molar-refractivity contribution < 1.29 is 23.9 Å². The van der Waals surface area contributed by atoms with Crippen molar-refractivity contribution in [2.75, 3.05) is 32.9 Å². The van der Waals surface area contributed by atoms with E-state index >= 15 is 0 Å². The van der Waals surface area contributed by atoms with Gasteiger partial charge in [-0.25, -0.2) is 0 Å². The molecule has 0 spiro atoms. The highest BCUT2D eigenvalue weighted by atomic mass is 32.2. The maximum atomic E-state index is 12.5. The molecule has 0 unspecified atom stereocenters. The lowest BCUT2D eigenvalue weighted by Crippen LogP contribution is -2.38. The molecule has 2 aromatic carbocycles. The first kappa shape index (κ1) is 22.6. The molecule has 0 atom stereocenters. The van der Waals surface area contributed by atoms with Gasteiger partial charge in [0.25, 0.3) is 11.1 Å². The summed E-state index contributed by atoms with van der Waals surface area (Å²) in [5.41, 5.74) is 1.98. The molecule has 0 radical (unpaired) electrons. The Morgan fingerprint density at radius 1 is 1.06 bits per heavy atom. The molecule has 8 heteroatoms. The molecule has 1 heterocycles. The minimum Gasteiger partial charge on any atom is -0.491 e. The molecule has 162 valence electrons. The number of aryl methyl sites for hydroxylation is 1. The first-order valence-electron chi connectivity index (χ1n) is 9.87. The lowest BCUT2D eigenvalue weighted by Gasteiger charge is -2.13. The van der Waals surface area contributed by atoms with Crippen LogP contribution in [0.25, 0.3) is 6.08 Å². The number of hydrogen-bond donors (Lipinski definition) is 1. The molecular formula is C23H24N2O5S. The summed E-state index contributed by atoms with van der Waals surface area (Å²) in [5.74, 6) is 0.0742. The van der Waals surface area contributed by atoms with Crippen LogP contribution < -0.4 is 10.1 Å². The van der Waals surface area contributed by atoms with E-state index in [1.807, 2.05) is 61.5 Å². The van der Waals surface area contributed by atoms with Gasteiger partial charge in [0.05, 0.1) is 11.5 Å². The highest BCUT2D eigenvalue weighted by Gasteiger charge is 2.34. The normalized spacial score (nSPS) is 14.9. The number of carbonyl (C=O) groups excluding carboxylic acids is 3. The number of ether oxygens (including phenoxy) is 2. The van der Waals surface area contributed by atoms with E-state index in [9.17, 15) is 14.4 Å². The molecule has 0 aliphatic carbocycles. The van der Waals surface area contributed by atoms with Gasteiger partial charge in [-0.3, -0.25) is 19.3 Å². The second kappa shape index (κ2) is 11.3. The molecule has 1 fully saturated rings. The predicted molar refractivity (Wildman–Crippen MR) is 120 cm³/mol. The van der Waals surface area contributed by atoms with Crippen molar-refractivity contribution in [3.63, 3.8) is 0 Å². The van der Waals surface area contributed by atoms with Crippen LogP contribution in [0.15, 0.2) is 59.5 Å². The van der Waals surface area contributed by atoms with Crippen molar-refractivity contribution >= 4 is 34.9 Å². The summed E-state index contributed by atoms with van der Waals surface area (Å²) in [5, 5.41) is 2.31. The van der Waals surface area contributed by atoms with Gasteiger partial charge in [0.2, 0.25) is 5.91 Å². The first-order valence-corrected chi connectivity index (χ1v) is 10.7. The molecule has 1 aliphatic rings. The molecule has 3 amide bonds. The molecule has 0 aromatic heterocycles. The quantitative estimate of drug-likeness (QED) is 0.451. The van der Waals surface area contributed by atoms with Crippen molar-refractivity contribution in [2.45, 2.75) is 6.92 Å². The van der Waals surface area contributed by atoms with E-state index in [2.05, 4.69) is 5.32 Å². The number of carbonyl (C=O) groups is 3. The highest BCUT2D eigenvalue weighted by Crippen LogP contribution is 2.31. The molecule has 0 saturated carbocycles. The molecular weight excluding hydrogens is 416 g/mol. The van der Waals surface area contributed by atoms with Crippen LogP contribution in [-0.4, -0.2) is 54.9 Å². The van der Waals surface area contributed by atoms with E-state index in [1.165, 1.54) is 0 Å². The molecule has 1 saturated heterocycles. The van der Waals surface area contributed by atoms with Gasteiger partial charge in [-0.1, -0.05) is 48.0 Å². The van der Waals surface area contributed by atoms with Gasteiger partial charge in [-0.2, -0.15) is 0 Å². The van der Waals surface area contributed by atoms with Crippen molar-refractivity contribution in [1.29, 1.82) is 0 Å². The van der Waals surface area contributed by atoms with Crippen molar-refractivity contribution in [3.8, 4) is 5.75 Å². The Morgan fingerprint density at radius 2 is 1.81 bits per heavy atom. The van der Waals surface area contributed by atoms with Crippen molar-refractivity contribution in [1.82, 2.24) is 10.2 Å². The number of nitrogens with one attached hydrogen (secondary N) is 1. The fourth-order valence-corrected chi connectivity index (χ4v) is 3.63. The largest absolute Gasteiger partial charge is 0.491 e. The van der Waals surface area contributed by atoms with Crippen LogP contribution >= 0.6 is 11.8 Å². The SMILES string of the molecule is Cc1ccc(C=C2SC(=O)N(CCNC(=O)COCCOc3ccccc3)C2=O)cc1. The molecule has 0 bridgehead atoms. The zero-order valence-electron chi connectivity index (χ0n) is 17.2. The average molecular weight is 441 g/mol. The van der Waals surface area contributed by atoms with Crippen LogP contribution in [0, 0.1) is 6.92 Å². The zero-order chi connectivity index (χ0) is 22.1. The molecule has 7 nitrogen and oxygen atoms in total. The number of hydrogen-bond acceptors (Lipinski definition) is 6. The van der Waals surface area contributed by atoms with E-state index in [1.54, 1.807) is 6.08 Å². The van der Waals surface area contributed by atoms with E-state index in [0.717, 1.165) is 33.5 Å². The molecule has 31 heavy (non-hydrogen) atoms. The predicted octanol–water partition coefficient (Wildman–Crippen LogP) is 3.24. The van der Waals surface area contributed by atoms with Crippen LogP contribution in [0.1, 0.15) is 11.1 Å². The van der Waals surface area contributed by atoms with Crippen LogP contribution in [0.4, 0.5) is 4.79 Å². The molecule has 1 N–H and O–H groups in total. The zero-order valence-corrected chi connectivity index (χ0v) is 18.0. The first-order chi connectivity index (χ1) is 15.0. The number of thioether (sulfide) groups is 1. The monoisotopic (exact) mass is 440 g/mol.